The Hall–Kier alpha value is -6.10. The molecule has 0 fully saturated rings. The average molecular weight is 979 g/mol. The van der Waals surface area contributed by atoms with Crippen LogP contribution in [-0.4, -0.2) is 108 Å². The van der Waals surface area contributed by atoms with E-state index in [4.69, 9.17) is 9.47 Å². The highest BCUT2D eigenvalue weighted by atomic mass is 32.2. The third-order valence-electron chi connectivity index (χ3n) is 14.6. The lowest BCUT2D eigenvalue weighted by molar-refractivity contribution is -0.438. The minimum atomic E-state index is -4.45. The van der Waals surface area contributed by atoms with Gasteiger partial charge in [0.05, 0.1) is 23.5 Å². The molecule has 0 aromatic heterocycles. The summed E-state index contributed by atoms with van der Waals surface area (Å²) in [6, 6.07) is 11.2. The summed E-state index contributed by atoms with van der Waals surface area (Å²) in [4.78, 5) is 52.9. The number of hydrogen-bond acceptors (Lipinski definition) is 10. The molecule has 16 heteroatoms. The molecule has 0 saturated heterocycles. The normalized spacial score (nSPS) is 19.5. The van der Waals surface area contributed by atoms with Crippen molar-refractivity contribution >= 4 is 50.8 Å². The van der Waals surface area contributed by atoms with Crippen LogP contribution in [0.3, 0.4) is 0 Å². The molecule has 1 unspecified atom stereocenters. The number of aryl methyl sites for hydroxylation is 1. The number of anilines is 1. The number of fused-ring (bicyclic) bond motifs is 3. The highest BCUT2D eigenvalue weighted by molar-refractivity contribution is 7.85. The van der Waals surface area contributed by atoms with Crippen LogP contribution in [0.25, 0.3) is 0 Å². The molecule has 70 heavy (non-hydrogen) atoms. The van der Waals surface area contributed by atoms with Gasteiger partial charge in [0, 0.05) is 97.7 Å². The van der Waals surface area contributed by atoms with Gasteiger partial charge < -0.3 is 30.1 Å². The van der Waals surface area contributed by atoms with Gasteiger partial charge in [0.1, 0.15) is 18.0 Å². The Labute approximate surface area is 412 Å². The number of phenols is 1. The Bertz CT molecular complexity index is 2840. The number of carbonyl (C=O) groups is 4. The molecule has 4 amide bonds. The van der Waals surface area contributed by atoms with Gasteiger partial charge in [0.2, 0.25) is 11.6 Å². The second-order valence-corrected chi connectivity index (χ2v) is 21.5. The van der Waals surface area contributed by atoms with E-state index in [9.17, 15) is 37.3 Å². The first kappa shape index (κ1) is 51.7. The molecule has 7 rings (SSSR count). The first-order valence-corrected chi connectivity index (χ1v) is 25.6. The maximum absolute atomic E-state index is 13.5. The van der Waals surface area contributed by atoms with Gasteiger partial charge in [-0.15, -0.1) is 0 Å². The number of nitrogens with zero attached hydrogens (tertiary/aromatic N) is 3. The molecule has 0 spiro atoms. The number of aromatic hydroxyl groups is 1. The predicted molar refractivity (Wildman–Crippen MR) is 269 cm³/mol. The molecule has 4 heterocycles. The zero-order chi connectivity index (χ0) is 50.9. The van der Waals surface area contributed by atoms with Crippen LogP contribution >= 0.6 is 0 Å². The fraction of sp³-hybridized carbons (Fsp3) is 0.463. The van der Waals surface area contributed by atoms with Crippen LogP contribution in [0.1, 0.15) is 106 Å². The van der Waals surface area contributed by atoms with E-state index >= 15 is 0 Å². The molecular formula is C54H68N5O10S+. The minimum absolute atomic E-state index is 0.114. The summed E-state index contributed by atoms with van der Waals surface area (Å²) in [7, 11) is -4.45. The van der Waals surface area contributed by atoms with Crippen LogP contribution in [-0.2, 0) is 51.3 Å². The highest BCUT2D eigenvalue weighted by Gasteiger charge is 2.46. The standard InChI is InChI=1S/C54H67N5O10S/c1-34-17-19-42-40(32-34)52(5,6)45(58(42)29-31-68-30-26-56-51(64)54(9)24-23-39-37(4)49(63)35(2)36(3)50(39)69-54)15-13-14-44-53(7,8)41-33-38(70(65,66)67)18-20-43(41)57(44)27-12-10-11-16-46(60)55-25-28-59-47(61)21-22-48(59)62/h13-15,17-22,32-33H,10-12,16,23-31H2,1-9H3,(H3-,55,56,60,63,64,65,66,67)/p+1. The largest absolute Gasteiger partial charge is 0.507 e. The molecule has 1 atom stereocenters. The lowest BCUT2D eigenvalue weighted by Crippen LogP contribution is -2.51. The maximum atomic E-state index is 13.5. The Kier molecular flexibility index (Phi) is 15.0. The van der Waals surface area contributed by atoms with E-state index in [1.165, 1.54) is 23.8 Å². The summed E-state index contributed by atoms with van der Waals surface area (Å²) in [5, 5.41) is 16.4. The number of nitrogens with one attached hydrogen (secondary N) is 2. The van der Waals surface area contributed by atoms with Gasteiger partial charge >= 0.3 is 0 Å². The van der Waals surface area contributed by atoms with E-state index in [2.05, 4.69) is 71.2 Å². The SMILES string of the molecule is Cc1ccc2c(c1)C(C)(C)C(=CC=CC1=[N+](CCCCCC(=O)NCCN3C(=O)C=CC3=O)c3ccc(S(=O)(=O)O)cc3C1(C)C)N2CCOCCNC(=O)C1(C)CCc2c(C)c(O)c(C)c(C)c2O1. The minimum Gasteiger partial charge on any atom is -0.507 e. The van der Waals surface area contributed by atoms with E-state index in [1.54, 1.807) is 12.1 Å². The maximum Gasteiger partial charge on any atom is 0.294 e. The third kappa shape index (κ3) is 10.4. The summed E-state index contributed by atoms with van der Waals surface area (Å²) >= 11 is 0. The monoisotopic (exact) mass is 978 g/mol. The fourth-order valence-corrected chi connectivity index (χ4v) is 10.7. The molecule has 3 aromatic carbocycles. The summed E-state index contributed by atoms with van der Waals surface area (Å²) < 4.78 is 49.3. The van der Waals surface area contributed by atoms with Gasteiger partial charge in [0.15, 0.2) is 11.3 Å². The predicted octanol–water partition coefficient (Wildman–Crippen LogP) is 7.00. The first-order valence-electron chi connectivity index (χ1n) is 24.2. The van der Waals surface area contributed by atoms with Crippen molar-refractivity contribution in [3.05, 3.63) is 111 Å². The van der Waals surface area contributed by atoms with E-state index < -0.39 is 21.1 Å². The molecule has 3 aromatic rings. The van der Waals surface area contributed by atoms with Crippen molar-refractivity contribution in [1.29, 1.82) is 0 Å². The summed E-state index contributed by atoms with van der Waals surface area (Å²) in [5.41, 5.74) is 8.34. The molecule has 15 nitrogen and oxygen atoms in total. The van der Waals surface area contributed by atoms with E-state index in [0.717, 1.165) is 73.9 Å². The van der Waals surface area contributed by atoms with Gasteiger partial charge in [-0.3, -0.25) is 28.6 Å². The summed E-state index contributed by atoms with van der Waals surface area (Å²) in [5.74, 6) is -0.186. The molecule has 4 aliphatic rings. The summed E-state index contributed by atoms with van der Waals surface area (Å²) in [6.45, 7) is 20.5. The molecule has 0 aliphatic carbocycles. The number of carbonyl (C=O) groups excluding carboxylic acids is 4. The van der Waals surface area contributed by atoms with Gasteiger partial charge in [0.25, 0.3) is 27.8 Å². The lowest BCUT2D eigenvalue weighted by atomic mass is 9.81. The van der Waals surface area contributed by atoms with Crippen molar-refractivity contribution < 1.29 is 51.3 Å². The highest BCUT2D eigenvalue weighted by Crippen LogP contribution is 2.48. The number of hydrogen-bond donors (Lipinski definition) is 4. The quantitative estimate of drug-likeness (QED) is 0.0418. The van der Waals surface area contributed by atoms with Crippen LogP contribution in [0.2, 0.25) is 0 Å². The van der Waals surface area contributed by atoms with Gasteiger partial charge in [-0.1, -0.05) is 37.6 Å². The van der Waals surface area contributed by atoms with E-state index in [0.29, 0.717) is 57.9 Å². The number of amides is 4. The number of ether oxygens (including phenoxy) is 2. The van der Waals surface area contributed by atoms with Crippen LogP contribution in [0.4, 0.5) is 11.4 Å². The average Bonchev–Trinajstić information content (AvgIpc) is 3.82. The van der Waals surface area contributed by atoms with Crippen LogP contribution in [0.5, 0.6) is 11.5 Å². The van der Waals surface area contributed by atoms with Gasteiger partial charge in [-0.05, 0) is 114 Å². The van der Waals surface area contributed by atoms with E-state index in [1.807, 2.05) is 47.6 Å². The number of rotatable bonds is 19. The van der Waals surface area contributed by atoms with Gasteiger partial charge in [-0.2, -0.15) is 13.0 Å². The smallest absolute Gasteiger partial charge is 0.294 e. The summed E-state index contributed by atoms with van der Waals surface area (Å²) in [6.07, 6.45) is 12.2. The van der Waals surface area contributed by atoms with Crippen molar-refractivity contribution in [3.8, 4) is 11.5 Å². The second-order valence-electron chi connectivity index (χ2n) is 20.1. The van der Waals surface area contributed by atoms with Crippen molar-refractivity contribution in [1.82, 2.24) is 15.5 Å². The van der Waals surface area contributed by atoms with E-state index in [-0.39, 0.29) is 59.2 Å². The Morgan fingerprint density at radius 2 is 1.57 bits per heavy atom. The topological polar surface area (TPSA) is 195 Å². The van der Waals surface area contributed by atoms with Crippen molar-refractivity contribution in [2.24, 2.45) is 0 Å². The molecule has 0 bridgehead atoms. The molecule has 0 radical (unpaired) electrons. The Morgan fingerprint density at radius 3 is 2.29 bits per heavy atom. The molecule has 4 aliphatic heterocycles. The number of phenolic OH excluding ortho intramolecular Hbond substituents is 1. The first-order chi connectivity index (χ1) is 33.0. The molecule has 0 saturated carbocycles. The van der Waals surface area contributed by atoms with Crippen LogP contribution < -0.4 is 20.3 Å². The fourth-order valence-electron chi connectivity index (χ4n) is 10.2. The number of imide groups is 1. The van der Waals surface area contributed by atoms with Crippen molar-refractivity contribution in [2.45, 2.75) is 122 Å². The third-order valence-corrected chi connectivity index (χ3v) is 15.4. The zero-order valence-corrected chi connectivity index (χ0v) is 42.8. The number of benzene rings is 3. The zero-order valence-electron chi connectivity index (χ0n) is 42.0. The number of allylic oxidation sites excluding steroid dienone is 4. The molecule has 374 valence electrons. The number of unbranched alkanes of at least 4 members (excludes halogenated alkanes) is 2. The van der Waals surface area contributed by atoms with Crippen LogP contribution in [0, 0.1) is 27.7 Å². The van der Waals surface area contributed by atoms with Gasteiger partial charge in [-0.25, -0.2) is 0 Å². The molecule has 4 N–H and O–H groups in total. The lowest BCUT2D eigenvalue weighted by Gasteiger charge is -2.36. The van der Waals surface area contributed by atoms with Crippen LogP contribution in [0.15, 0.2) is 77.4 Å². The van der Waals surface area contributed by atoms with Crippen molar-refractivity contribution in [3.63, 3.8) is 0 Å². The second kappa shape index (κ2) is 20.3. The van der Waals surface area contributed by atoms with Crippen molar-refractivity contribution in [2.75, 3.05) is 50.8 Å². The molecular weight excluding hydrogens is 911 g/mol. The Morgan fingerprint density at radius 1 is 0.843 bits per heavy atom. The Balaban J connectivity index is 1.02.